The number of ether oxygens (including phenoxy) is 1. The maximum atomic E-state index is 13.3. The molecule has 1 atom stereocenters. The van der Waals surface area contributed by atoms with Crippen LogP contribution in [0.15, 0.2) is 58.0 Å². The van der Waals surface area contributed by atoms with Crippen molar-refractivity contribution in [2.45, 2.75) is 44.2 Å². The van der Waals surface area contributed by atoms with Gasteiger partial charge in [0.15, 0.2) is 5.78 Å². The monoisotopic (exact) mass is 471 g/mol. The summed E-state index contributed by atoms with van der Waals surface area (Å²) in [5.74, 6) is 0.821. The highest BCUT2D eigenvalue weighted by Gasteiger charge is 2.24. The number of aryl methyl sites for hydroxylation is 1. The first-order valence-electron chi connectivity index (χ1n) is 10.9. The molecule has 1 saturated heterocycles. The Morgan fingerprint density at radius 2 is 1.97 bits per heavy atom. The highest BCUT2D eigenvalue weighted by Crippen LogP contribution is 2.23. The van der Waals surface area contributed by atoms with Crippen LogP contribution in [-0.2, 0) is 21.3 Å². The maximum absolute atomic E-state index is 13.3. The first-order chi connectivity index (χ1) is 15.7. The fraction of sp³-hybridized carbons (Fsp3) is 0.375. The molecule has 0 radical (unpaired) electrons. The zero-order valence-electron chi connectivity index (χ0n) is 18.9. The van der Waals surface area contributed by atoms with Crippen LogP contribution in [0.1, 0.15) is 40.3 Å². The summed E-state index contributed by atoms with van der Waals surface area (Å²) in [6.07, 6.45) is 3.79. The van der Waals surface area contributed by atoms with Crippen molar-refractivity contribution in [2.24, 2.45) is 5.14 Å². The molecule has 0 spiro atoms. The Labute approximate surface area is 194 Å². The molecule has 1 aliphatic heterocycles. The number of ketones is 1. The zero-order chi connectivity index (χ0) is 23.6. The number of carbonyl (C=O) groups is 1. The second kappa shape index (κ2) is 9.64. The van der Waals surface area contributed by atoms with E-state index in [0.29, 0.717) is 18.7 Å². The highest BCUT2D eigenvalue weighted by molar-refractivity contribution is 7.89. The van der Waals surface area contributed by atoms with Crippen molar-refractivity contribution < 1.29 is 22.4 Å². The molecule has 9 heteroatoms. The second-order valence-electron chi connectivity index (χ2n) is 8.47. The highest BCUT2D eigenvalue weighted by atomic mass is 32.2. The maximum Gasteiger partial charge on any atom is 0.238 e. The third kappa shape index (κ3) is 5.44. The zero-order valence-corrected chi connectivity index (χ0v) is 19.7. The number of rotatable bonds is 9. The number of furan rings is 1. The van der Waals surface area contributed by atoms with Crippen molar-refractivity contribution in [3.63, 3.8) is 0 Å². The van der Waals surface area contributed by atoms with Crippen molar-refractivity contribution >= 4 is 15.8 Å². The van der Waals surface area contributed by atoms with E-state index in [9.17, 15) is 13.2 Å². The fourth-order valence-electron chi connectivity index (χ4n) is 4.40. The van der Waals surface area contributed by atoms with E-state index < -0.39 is 10.0 Å². The van der Waals surface area contributed by atoms with E-state index in [1.54, 1.807) is 18.4 Å². The number of carbonyl (C=O) groups excluding carboxylic acids is 1. The lowest BCUT2D eigenvalue weighted by atomic mass is 10.1. The molecule has 33 heavy (non-hydrogen) atoms. The van der Waals surface area contributed by atoms with Gasteiger partial charge in [0, 0.05) is 35.8 Å². The van der Waals surface area contributed by atoms with E-state index in [4.69, 9.17) is 14.3 Å². The van der Waals surface area contributed by atoms with Crippen LogP contribution in [0, 0.1) is 13.8 Å². The lowest BCUT2D eigenvalue weighted by molar-refractivity contribution is 0.0631. The van der Waals surface area contributed by atoms with Crippen LogP contribution in [0.5, 0.6) is 0 Å². The smallest absolute Gasteiger partial charge is 0.238 e. The van der Waals surface area contributed by atoms with Gasteiger partial charge in [0.25, 0.3) is 0 Å². The molecule has 0 bridgehead atoms. The van der Waals surface area contributed by atoms with Gasteiger partial charge in [-0.1, -0.05) is 0 Å². The van der Waals surface area contributed by atoms with Crippen LogP contribution in [0.2, 0.25) is 0 Å². The van der Waals surface area contributed by atoms with Gasteiger partial charge < -0.3 is 13.7 Å². The van der Waals surface area contributed by atoms with Gasteiger partial charge in [0.1, 0.15) is 5.76 Å². The van der Waals surface area contributed by atoms with Gasteiger partial charge in [-0.15, -0.1) is 0 Å². The van der Waals surface area contributed by atoms with E-state index in [2.05, 4.69) is 4.90 Å². The summed E-state index contributed by atoms with van der Waals surface area (Å²) in [6.45, 7) is 6.02. The summed E-state index contributed by atoms with van der Waals surface area (Å²) in [5, 5.41) is 5.20. The van der Waals surface area contributed by atoms with Crippen molar-refractivity contribution in [1.29, 1.82) is 0 Å². The topological polar surface area (TPSA) is 108 Å². The van der Waals surface area contributed by atoms with Crippen LogP contribution in [0.25, 0.3) is 5.69 Å². The first kappa shape index (κ1) is 23.4. The van der Waals surface area contributed by atoms with E-state index in [1.165, 1.54) is 12.1 Å². The Morgan fingerprint density at radius 1 is 1.21 bits per heavy atom. The summed E-state index contributed by atoms with van der Waals surface area (Å²) in [5.41, 5.74) is 3.09. The van der Waals surface area contributed by atoms with Crippen molar-refractivity contribution in [3.05, 3.63) is 71.4 Å². The minimum absolute atomic E-state index is 0.0139. The molecule has 3 aromatic rings. The summed E-state index contributed by atoms with van der Waals surface area (Å²) in [7, 11) is -3.76. The SMILES string of the molecule is Cc1cc(C(=O)CN(Cc2ccco2)CC2CCCO2)c(C)n1-c1ccc(S(N)(=O)=O)cc1. The van der Waals surface area contributed by atoms with Gasteiger partial charge in [-0.25, -0.2) is 13.6 Å². The average Bonchev–Trinajstić information content (AvgIpc) is 3.50. The standard InChI is InChI=1S/C24H29N3O5S/c1-17-13-23(18(2)27(17)19-7-9-22(10-8-19)33(25,29)30)24(28)16-26(14-20-5-3-11-31-20)15-21-6-4-12-32-21/h3,5,7-11,13,21H,4,6,12,14-16H2,1-2H3,(H2,25,29,30). The second-order valence-corrected chi connectivity index (χ2v) is 10.0. The number of nitrogens with two attached hydrogens (primary N) is 1. The Balaban J connectivity index is 1.55. The first-order valence-corrected chi connectivity index (χ1v) is 12.5. The molecular formula is C24H29N3O5S. The molecule has 1 fully saturated rings. The molecule has 2 aromatic heterocycles. The minimum Gasteiger partial charge on any atom is -0.468 e. The van der Waals surface area contributed by atoms with Gasteiger partial charge in [-0.3, -0.25) is 9.69 Å². The molecular weight excluding hydrogens is 442 g/mol. The van der Waals surface area contributed by atoms with Gasteiger partial charge in [-0.05, 0) is 69.2 Å². The molecule has 0 aliphatic carbocycles. The fourth-order valence-corrected chi connectivity index (χ4v) is 4.92. The number of sulfonamides is 1. The number of benzene rings is 1. The molecule has 1 aliphatic rings. The number of hydrogen-bond donors (Lipinski definition) is 1. The molecule has 176 valence electrons. The Hall–Kier alpha value is -2.72. The van der Waals surface area contributed by atoms with Crippen molar-refractivity contribution in [3.8, 4) is 5.69 Å². The molecule has 1 aromatic carbocycles. The summed E-state index contributed by atoms with van der Waals surface area (Å²) in [6, 6.07) is 11.9. The van der Waals surface area contributed by atoms with E-state index in [1.807, 2.05) is 36.6 Å². The number of hydrogen-bond acceptors (Lipinski definition) is 6. The Bertz CT molecular complexity index is 1210. The molecule has 8 nitrogen and oxygen atoms in total. The summed E-state index contributed by atoms with van der Waals surface area (Å²) >= 11 is 0. The number of Topliss-reactive ketones (excluding diaryl/α,β-unsaturated/α-hetero) is 1. The van der Waals surface area contributed by atoms with Crippen LogP contribution >= 0.6 is 0 Å². The molecule has 4 rings (SSSR count). The number of primary sulfonamides is 1. The average molecular weight is 472 g/mol. The van der Waals surface area contributed by atoms with Gasteiger partial charge in [-0.2, -0.15) is 0 Å². The normalized spacial score (nSPS) is 16.5. The molecule has 3 heterocycles. The largest absolute Gasteiger partial charge is 0.468 e. The third-order valence-corrected chi connectivity index (χ3v) is 6.90. The lowest BCUT2D eigenvalue weighted by Gasteiger charge is -2.23. The summed E-state index contributed by atoms with van der Waals surface area (Å²) < 4.78 is 36.3. The molecule has 2 N–H and O–H groups in total. The van der Waals surface area contributed by atoms with E-state index in [0.717, 1.165) is 42.3 Å². The Morgan fingerprint density at radius 3 is 2.58 bits per heavy atom. The Kier molecular flexibility index (Phi) is 6.85. The van der Waals surface area contributed by atoms with Crippen molar-refractivity contribution in [1.82, 2.24) is 9.47 Å². The van der Waals surface area contributed by atoms with E-state index >= 15 is 0 Å². The quantitative estimate of drug-likeness (QED) is 0.480. The van der Waals surface area contributed by atoms with Crippen LogP contribution < -0.4 is 5.14 Å². The minimum atomic E-state index is -3.76. The summed E-state index contributed by atoms with van der Waals surface area (Å²) in [4.78, 5) is 15.5. The van der Waals surface area contributed by atoms with Crippen LogP contribution in [-0.4, -0.2) is 49.5 Å². The van der Waals surface area contributed by atoms with Gasteiger partial charge in [0.2, 0.25) is 10.0 Å². The molecule has 1 unspecified atom stereocenters. The molecule has 0 amide bonds. The van der Waals surface area contributed by atoms with Crippen LogP contribution in [0.4, 0.5) is 0 Å². The lowest BCUT2D eigenvalue weighted by Crippen LogP contribution is -2.36. The van der Waals surface area contributed by atoms with Gasteiger partial charge in [0.05, 0.1) is 30.4 Å². The van der Waals surface area contributed by atoms with Gasteiger partial charge >= 0.3 is 0 Å². The van der Waals surface area contributed by atoms with Crippen LogP contribution in [0.3, 0.4) is 0 Å². The van der Waals surface area contributed by atoms with Crippen molar-refractivity contribution in [2.75, 3.05) is 19.7 Å². The number of nitrogens with zero attached hydrogens (tertiary/aromatic N) is 2. The third-order valence-electron chi connectivity index (χ3n) is 5.97. The predicted molar refractivity (Wildman–Crippen MR) is 124 cm³/mol. The number of aromatic nitrogens is 1. The van der Waals surface area contributed by atoms with E-state index in [-0.39, 0.29) is 23.3 Å². The molecule has 0 saturated carbocycles. The predicted octanol–water partition coefficient (Wildman–Crippen LogP) is 3.20.